The van der Waals surface area contributed by atoms with Crippen LogP contribution in [0.15, 0.2) is 45.4 Å². The fourth-order valence-corrected chi connectivity index (χ4v) is 8.68. The van der Waals surface area contributed by atoms with Gasteiger partial charge in [-0.25, -0.2) is 4.98 Å². The van der Waals surface area contributed by atoms with Crippen LogP contribution >= 0.6 is 50.5 Å². The minimum Gasteiger partial charge on any atom is -0.382 e. The maximum atomic E-state index is 12.0. The van der Waals surface area contributed by atoms with Gasteiger partial charge in [0.05, 0.1) is 33.0 Å². The van der Waals surface area contributed by atoms with Gasteiger partial charge in [0.2, 0.25) is 0 Å². The summed E-state index contributed by atoms with van der Waals surface area (Å²) in [6.45, 7) is 0.393. The van der Waals surface area contributed by atoms with E-state index in [-0.39, 0.29) is 12.0 Å². The Labute approximate surface area is 243 Å². The molecule has 38 heavy (non-hydrogen) atoms. The Bertz CT molecular complexity index is 1500. The molecule has 4 atom stereocenters. The van der Waals surface area contributed by atoms with Gasteiger partial charge in [0.1, 0.15) is 22.1 Å². The van der Waals surface area contributed by atoms with E-state index in [2.05, 4.69) is 27.2 Å². The Morgan fingerprint density at radius 3 is 2.71 bits per heavy atom. The van der Waals surface area contributed by atoms with Gasteiger partial charge in [0, 0.05) is 21.5 Å². The molecule has 0 saturated heterocycles. The lowest BCUT2D eigenvalue weighted by Gasteiger charge is -2.47. The number of rotatable bonds is 6. The van der Waals surface area contributed by atoms with Gasteiger partial charge in [-0.2, -0.15) is 0 Å². The molecule has 3 aliphatic rings. The molecule has 5 nitrogen and oxygen atoms in total. The molecule has 3 aliphatic carbocycles. The largest absolute Gasteiger partial charge is 0.382 e. The van der Waals surface area contributed by atoms with Crippen LogP contribution in [-0.4, -0.2) is 21.4 Å². The zero-order valence-electron chi connectivity index (χ0n) is 20.6. The second-order valence-corrected chi connectivity index (χ2v) is 13.8. The van der Waals surface area contributed by atoms with Crippen LogP contribution in [0.4, 0.5) is 0 Å². The van der Waals surface area contributed by atoms with Gasteiger partial charge in [-0.3, -0.25) is 0 Å². The van der Waals surface area contributed by atoms with Gasteiger partial charge in [-0.15, -0.1) is 11.3 Å². The van der Waals surface area contributed by atoms with Crippen molar-refractivity contribution in [2.24, 2.45) is 11.8 Å². The molecular formula is C29H27BrCl2N2O3S. The molecule has 7 rings (SSSR count). The minimum atomic E-state index is -0.915. The van der Waals surface area contributed by atoms with E-state index in [0.717, 1.165) is 76.0 Å². The van der Waals surface area contributed by atoms with Crippen molar-refractivity contribution in [3.05, 3.63) is 67.2 Å². The number of nitrogens with zero attached hydrogens (tertiary/aromatic N) is 2. The molecule has 0 amide bonds. The fraction of sp³-hybridized carbons (Fsp3) is 0.448. The number of aromatic nitrogens is 2. The monoisotopic (exact) mass is 632 g/mol. The molecule has 0 spiro atoms. The number of halogens is 3. The molecular weight excluding hydrogens is 607 g/mol. The van der Waals surface area contributed by atoms with E-state index in [9.17, 15) is 5.11 Å². The SMILES string of the molecule is O[C@]1(c2nc3ccc(Br)cc3s2)CCC2CC(OCc3c(-c4c(Cl)cccc4Cl)noc3C3CC3)CC1C2. The molecule has 4 aromatic rings. The lowest BCUT2D eigenvalue weighted by molar-refractivity contribution is -0.123. The first kappa shape index (κ1) is 25.5. The molecule has 3 fully saturated rings. The van der Waals surface area contributed by atoms with Crippen LogP contribution < -0.4 is 0 Å². The van der Waals surface area contributed by atoms with Crippen molar-refractivity contribution >= 4 is 60.7 Å². The summed E-state index contributed by atoms with van der Waals surface area (Å²) < 4.78 is 14.6. The maximum absolute atomic E-state index is 12.0. The maximum Gasteiger partial charge on any atom is 0.145 e. The van der Waals surface area contributed by atoms with Crippen molar-refractivity contribution in [3.8, 4) is 11.3 Å². The zero-order chi connectivity index (χ0) is 26.0. The summed E-state index contributed by atoms with van der Waals surface area (Å²) in [6.07, 6.45) is 6.79. The van der Waals surface area contributed by atoms with Crippen LogP contribution in [0.2, 0.25) is 10.0 Å². The molecule has 198 valence electrons. The van der Waals surface area contributed by atoms with Crippen LogP contribution in [0.3, 0.4) is 0 Å². The van der Waals surface area contributed by atoms with Crippen molar-refractivity contribution in [2.75, 3.05) is 0 Å². The third-order valence-electron chi connectivity index (χ3n) is 8.52. The van der Waals surface area contributed by atoms with Gasteiger partial charge in [0.25, 0.3) is 0 Å². The van der Waals surface area contributed by atoms with Crippen molar-refractivity contribution in [1.82, 2.24) is 10.1 Å². The summed E-state index contributed by atoms with van der Waals surface area (Å²) in [4.78, 5) is 4.87. The first-order chi connectivity index (χ1) is 18.4. The second-order valence-electron chi connectivity index (χ2n) is 11.0. The third-order valence-corrected chi connectivity index (χ3v) is 10.8. The average molecular weight is 634 g/mol. The van der Waals surface area contributed by atoms with Gasteiger partial charge < -0.3 is 14.4 Å². The van der Waals surface area contributed by atoms with Gasteiger partial charge >= 0.3 is 0 Å². The van der Waals surface area contributed by atoms with Crippen LogP contribution in [0.5, 0.6) is 0 Å². The van der Waals surface area contributed by atoms with Crippen LogP contribution in [0, 0.1) is 11.8 Å². The highest BCUT2D eigenvalue weighted by Gasteiger charge is 2.49. The van der Waals surface area contributed by atoms with E-state index in [4.69, 9.17) is 37.4 Å². The zero-order valence-corrected chi connectivity index (χ0v) is 24.5. The summed E-state index contributed by atoms with van der Waals surface area (Å²) in [5.41, 5.74) is 2.35. The Morgan fingerprint density at radius 2 is 1.92 bits per heavy atom. The summed E-state index contributed by atoms with van der Waals surface area (Å²) >= 11 is 18.2. The number of hydrogen-bond acceptors (Lipinski definition) is 6. The summed E-state index contributed by atoms with van der Waals surface area (Å²) in [6, 6.07) is 11.6. The lowest BCUT2D eigenvalue weighted by Crippen LogP contribution is -2.46. The fourth-order valence-electron chi connectivity index (χ4n) is 6.38. The smallest absolute Gasteiger partial charge is 0.145 e. The number of benzene rings is 2. The van der Waals surface area contributed by atoms with E-state index in [1.165, 1.54) is 0 Å². The predicted molar refractivity (Wildman–Crippen MR) is 154 cm³/mol. The van der Waals surface area contributed by atoms with E-state index >= 15 is 0 Å². The molecule has 0 radical (unpaired) electrons. The number of aliphatic hydroxyl groups is 1. The van der Waals surface area contributed by atoms with Crippen molar-refractivity contribution < 1.29 is 14.4 Å². The van der Waals surface area contributed by atoms with Crippen molar-refractivity contribution in [2.45, 2.75) is 69.2 Å². The number of ether oxygens (including phenoxy) is 1. The highest BCUT2D eigenvalue weighted by Crippen LogP contribution is 2.53. The van der Waals surface area contributed by atoms with Gasteiger partial charge in [-0.05, 0) is 87.1 Å². The highest BCUT2D eigenvalue weighted by molar-refractivity contribution is 9.10. The van der Waals surface area contributed by atoms with Crippen LogP contribution in [0.25, 0.3) is 21.5 Å². The third kappa shape index (κ3) is 4.53. The molecule has 2 aromatic heterocycles. The average Bonchev–Trinajstić information content (AvgIpc) is 3.52. The Kier molecular flexibility index (Phi) is 6.61. The summed E-state index contributed by atoms with van der Waals surface area (Å²) in [5, 5.41) is 18.3. The Morgan fingerprint density at radius 1 is 1.11 bits per heavy atom. The first-order valence-electron chi connectivity index (χ1n) is 13.2. The molecule has 3 saturated carbocycles. The first-order valence-corrected chi connectivity index (χ1v) is 15.6. The highest BCUT2D eigenvalue weighted by atomic mass is 79.9. The minimum absolute atomic E-state index is 0.0469. The molecule has 2 aromatic carbocycles. The van der Waals surface area contributed by atoms with Crippen molar-refractivity contribution in [1.29, 1.82) is 0 Å². The number of thiazole rings is 1. The number of hydrogen-bond donors (Lipinski definition) is 1. The second kappa shape index (κ2) is 9.86. The summed E-state index contributed by atoms with van der Waals surface area (Å²) in [7, 11) is 0. The standard InChI is InChI=1S/C29H27BrCl2N2O3S/c30-18-6-7-23-24(13-18)38-28(33-23)29(35)9-8-15-10-17(29)12-19(11-15)36-14-20-26(34-37-27(20)16-4-5-16)25-21(31)2-1-3-22(25)32/h1-3,6-7,13,15-17,19,35H,4-5,8-12,14H2/t15?,17?,19?,29-/m1/s1. The van der Waals surface area contributed by atoms with E-state index < -0.39 is 5.60 Å². The quantitative estimate of drug-likeness (QED) is 0.230. The van der Waals surface area contributed by atoms with Crippen LogP contribution in [-0.2, 0) is 16.9 Å². The Hall–Kier alpha value is -1.48. The Balaban J connectivity index is 1.14. The van der Waals surface area contributed by atoms with E-state index in [1.807, 2.05) is 30.3 Å². The molecule has 3 unspecified atom stereocenters. The van der Waals surface area contributed by atoms with E-state index in [0.29, 0.717) is 39.7 Å². The molecule has 9 heteroatoms. The molecule has 0 aliphatic heterocycles. The van der Waals surface area contributed by atoms with Gasteiger partial charge in [0.15, 0.2) is 0 Å². The van der Waals surface area contributed by atoms with Crippen molar-refractivity contribution in [3.63, 3.8) is 0 Å². The molecule has 2 heterocycles. The topological polar surface area (TPSA) is 68.4 Å². The van der Waals surface area contributed by atoms with Gasteiger partial charge in [-0.1, -0.05) is 50.4 Å². The van der Waals surface area contributed by atoms with Crippen LogP contribution in [0.1, 0.15) is 67.2 Å². The lowest BCUT2D eigenvalue weighted by atomic mass is 9.63. The predicted octanol–water partition coefficient (Wildman–Crippen LogP) is 8.88. The summed E-state index contributed by atoms with van der Waals surface area (Å²) in [5.74, 6) is 1.94. The van der Waals surface area contributed by atoms with E-state index in [1.54, 1.807) is 11.3 Å². The molecule has 1 N–H and O–H groups in total. The molecule has 2 bridgehead atoms. The normalized spacial score (nSPS) is 27.2. The number of fused-ring (bicyclic) bond motifs is 3.